The summed E-state index contributed by atoms with van der Waals surface area (Å²) in [4.78, 5) is 7.31. The van der Waals surface area contributed by atoms with Crippen molar-refractivity contribution in [2.24, 2.45) is 4.99 Å². The van der Waals surface area contributed by atoms with Gasteiger partial charge in [0.05, 0.1) is 18.2 Å². The van der Waals surface area contributed by atoms with Crippen LogP contribution in [0.15, 0.2) is 35.3 Å². The van der Waals surface area contributed by atoms with Gasteiger partial charge in [0, 0.05) is 27.7 Å². The molecule has 0 aliphatic carbocycles. The van der Waals surface area contributed by atoms with Gasteiger partial charge in [0.15, 0.2) is 5.88 Å². The first-order valence-corrected chi connectivity index (χ1v) is 7.63. The Balaban J connectivity index is 2.07. The Morgan fingerprint density at radius 3 is 2.74 bits per heavy atom. The van der Waals surface area contributed by atoms with Crippen LogP contribution in [-0.4, -0.2) is 23.4 Å². The van der Waals surface area contributed by atoms with Crippen molar-refractivity contribution in [3.8, 4) is 11.6 Å². The number of H-pyrrole nitrogens is 1. The predicted molar refractivity (Wildman–Crippen MR) is 95.0 cm³/mol. The van der Waals surface area contributed by atoms with E-state index in [0.717, 1.165) is 16.5 Å². The highest BCUT2D eigenvalue weighted by Crippen LogP contribution is 2.34. The summed E-state index contributed by atoms with van der Waals surface area (Å²) in [5.41, 5.74) is 2.87. The number of halogens is 2. The third kappa shape index (κ3) is 3.00. The Morgan fingerprint density at radius 2 is 2.00 bits per heavy atom. The van der Waals surface area contributed by atoms with E-state index in [1.165, 1.54) is 0 Å². The first kappa shape index (κ1) is 15.7. The molecule has 3 rings (SSSR count). The number of ether oxygens (including phenoxy) is 1. The lowest BCUT2D eigenvalue weighted by Gasteiger charge is -2.07. The van der Waals surface area contributed by atoms with Gasteiger partial charge in [-0.3, -0.25) is 4.99 Å². The van der Waals surface area contributed by atoms with Gasteiger partial charge in [0.2, 0.25) is 0 Å². The monoisotopic (exact) mass is 348 g/mol. The van der Waals surface area contributed by atoms with Crippen LogP contribution in [0.2, 0.25) is 10.0 Å². The summed E-state index contributed by atoms with van der Waals surface area (Å²) in [7, 11) is 1.56. The SMILES string of the molecule is COc1cc(Cl)c(C)cc1N=Cc1c(O)[nH]c2cc(Cl)ccc12. The first-order valence-electron chi connectivity index (χ1n) is 6.88. The molecule has 0 spiro atoms. The van der Waals surface area contributed by atoms with E-state index in [1.54, 1.807) is 31.5 Å². The second kappa shape index (κ2) is 6.14. The van der Waals surface area contributed by atoms with Crippen LogP contribution in [0.25, 0.3) is 10.9 Å². The molecule has 118 valence electrons. The summed E-state index contributed by atoms with van der Waals surface area (Å²) >= 11 is 12.1. The van der Waals surface area contributed by atoms with Gasteiger partial charge in [-0.15, -0.1) is 0 Å². The third-order valence-corrected chi connectivity index (χ3v) is 4.22. The minimum absolute atomic E-state index is 0.0377. The number of fused-ring (bicyclic) bond motifs is 1. The van der Waals surface area contributed by atoms with E-state index < -0.39 is 0 Å². The van der Waals surface area contributed by atoms with E-state index in [9.17, 15) is 5.11 Å². The van der Waals surface area contributed by atoms with E-state index in [-0.39, 0.29) is 5.88 Å². The lowest BCUT2D eigenvalue weighted by molar-refractivity contribution is 0.416. The van der Waals surface area contributed by atoms with Crippen molar-refractivity contribution in [1.82, 2.24) is 4.98 Å². The molecule has 0 atom stereocenters. The molecular weight excluding hydrogens is 335 g/mol. The quantitative estimate of drug-likeness (QED) is 0.635. The van der Waals surface area contributed by atoms with Gasteiger partial charge in [-0.1, -0.05) is 29.3 Å². The smallest absolute Gasteiger partial charge is 0.198 e. The molecular formula is C17H14Cl2N2O2. The van der Waals surface area contributed by atoms with Crippen molar-refractivity contribution < 1.29 is 9.84 Å². The molecule has 0 fully saturated rings. The number of hydrogen-bond acceptors (Lipinski definition) is 3. The van der Waals surface area contributed by atoms with Gasteiger partial charge in [-0.05, 0) is 30.7 Å². The van der Waals surface area contributed by atoms with Gasteiger partial charge in [0.1, 0.15) is 11.4 Å². The summed E-state index contributed by atoms with van der Waals surface area (Å²) in [5.74, 6) is 0.606. The molecule has 1 heterocycles. The normalized spacial score (nSPS) is 11.5. The minimum Gasteiger partial charge on any atom is -0.494 e. The zero-order chi connectivity index (χ0) is 16.6. The molecule has 0 bridgehead atoms. The van der Waals surface area contributed by atoms with Crippen LogP contribution in [0.3, 0.4) is 0 Å². The average Bonchev–Trinajstić information content (AvgIpc) is 2.82. The van der Waals surface area contributed by atoms with Crippen molar-refractivity contribution in [3.05, 3.63) is 51.5 Å². The molecule has 0 unspecified atom stereocenters. The number of rotatable bonds is 3. The highest BCUT2D eigenvalue weighted by atomic mass is 35.5. The summed E-state index contributed by atoms with van der Waals surface area (Å²) in [6, 6.07) is 8.90. The number of benzene rings is 2. The molecule has 0 saturated carbocycles. The van der Waals surface area contributed by atoms with Crippen molar-refractivity contribution in [2.75, 3.05) is 7.11 Å². The third-order valence-electron chi connectivity index (χ3n) is 3.57. The maximum atomic E-state index is 10.1. The molecule has 6 heteroatoms. The van der Waals surface area contributed by atoms with Crippen LogP contribution < -0.4 is 4.74 Å². The van der Waals surface area contributed by atoms with E-state index in [0.29, 0.717) is 27.0 Å². The second-order valence-corrected chi connectivity index (χ2v) is 5.95. The van der Waals surface area contributed by atoms with Gasteiger partial charge < -0.3 is 14.8 Å². The number of aliphatic imine (C=N–C) groups is 1. The van der Waals surface area contributed by atoms with Crippen molar-refractivity contribution in [2.45, 2.75) is 6.92 Å². The molecule has 2 aromatic carbocycles. The largest absolute Gasteiger partial charge is 0.494 e. The highest BCUT2D eigenvalue weighted by molar-refractivity contribution is 6.31. The van der Waals surface area contributed by atoms with Crippen molar-refractivity contribution in [3.63, 3.8) is 0 Å². The van der Waals surface area contributed by atoms with Crippen LogP contribution >= 0.6 is 23.2 Å². The summed E-state index contributed by atoms with van der Waals surface area (Å²) in [6.07, 6.45) is 1.59. The number of methoxy groups -OCH3 is 1. The van der Waals surface area contributed by atoms with E-state index in [2.05, 4.69) is 9.98 Å². The number of nitrogens with zero attached hydrogens (tertiary/aromatic N) is 1. The summed E-state index contributed by atoms with van der Waals surface area (Å²) in [6.45, 7) is 1.89. The maximum Gasteiger partial charge on any atom is 0.198 e. The van der Waals surface area contributed by atoms with E-state index in [4.69, 9.17) is 27.9 Å². The zero-order valence-electron chi connectivity index (χ0n) is 12.5. The molecule has 4 nitrogen and oxygen atoms in total. The Morgan fingerprint density at radius 1 is 1.22 bits per heavy atom. The maximum absolute atomic E-state index is 10.1. The molecule has 0 amide bonds. The van der Waals surface area contributed by atoms with Crippen LogP contribution in [0, 0.1) is 6.92 Å². The lowest BCUT2D eigenvalue weighted by atomic mass is 10.2. The number of aromatic hydroxyl groups is 1. The van der Waals surface area contributed by atoms with Gasteiger partial charge >= 0.3 is 0 Å². The molecule has 0 aliphatic heterocycles. The average molecular weight is 349 g/mol. The van der Waals surface area contributed by atoms with E-state index >= 15 is 0 Å². The van der Waals surface area contributed by atoms with Crippen molar-refractivity contribution >= 4 is 46.0 Å². The molecule has 3 aromatic rings. The number of aromatic amines is 1. The van der Waals surface area contributed by atoms with E-state index in [1.807, 2.05) is 19.1 Å². The fourth-order valence-electron chi connectivity index (χ4n) is 2.35. The number of nitrogens with one attached hydrogen (secondary N) is 1. The molecule has 23 heavy (non-hydrogen) atoms. The second-order valence-electron chi connectivity index (χ2n) is 5.11. The van der Waals surface area contributed by atoms with Crippen LogP contribution in [-0.2, 0) is 0 Å². The molecule has 2 N–H and O–H groups in total. The fraction of sp³-hybridized carbons (Fsp3) is 0.118. The zero-order valence-corrected chi connectivity index (χ0v) is 14.0. The van der Waals surface area contributed by atoms with Crippen LogP contribution in [0.4, 0.5) is 5.69 Å². The predicted octanol–water partition coefficient (Wildman–Crippen LogP) is 5.25. The topological polar surface area (TPSA) is 57.6 Å². The summed E-state index contributed by atoms with van der Waals surface area (Å²) in [5, 5.41) is 12.1. The Kier molecular flexibility index (Phi) is 4.20. The molecule has 0 radical (unpaired) electrons. The lowest BCUT2D eigenvalue weighted by Crippen LogP contribution is -1.87. The standard InChI is InChI=1S/C17H14Cl2N2O2/c1-9-5-15(16(23-2)7-13(9)19)20-8-12-11-4-3-10(18)6-14(11)21-17(12)22/h3-8,21-22H,1-2H3. The Hall–Kier alpha value is -2.17. The van der Waals surface area contributed by atoms with Gasteiger partial charge in [0.25, 0.3) is 0 Å². The van der Waals surface area contributed by atoms with Gasteiger partial charge in [-0.2, -0.15) is 0 Å². The van der Waals surface area contributed by atoms with Crippen LogP contribution in [0.1, 0.15) is 11.1 Å². The molecule has 1 aromatic heterocycles. The molecule has 0 aliphatic rings. The molecule has 0 saturated heterocycles. The minimum atomic E-state index is 0.0377. The first-order chi connectivity index (χ1) is 11.0. The van der Waals surface area contributed by atoms with Crippen molar-refractivity contribution in [1.29, 1.82) is 0 Å². The Bertz CT molecular complexity index is 917. The Labute approximate surface area is 143 Å². The number of aryl methyl sites for hydroxylation is 1. The number of aromatic nitrogens is 1. The fourth-order valence-corrected chi connectivity index (χ4v) is 2.68. The summed E-state index contributed by atoms with van der Waals surface area (Å²) < 4.78 is 5.30. The van der Waals surface area contributed by atoms with Gasteiger partial charge in [-0.25, -0.2) is 0 Å². The number of hydrogen-bond donors (Lipinski definition) is 2. The van der Waals surface area contributed by atoms with Crippen LogP contribution in [0.5, 0.6) is 11.6 Å². The highest BCUT2D eigenvalue weighted by Gasteiger charge is 2.10.